The molecule has 0 radical (unpaired) electrons. The molecule has 110 valence electrons. The Labute approximate surface area is 115 Å². The molecule has 0 bridgehead atoms. The lowest BCUT2D eigenvalue weighted by atomic mass is 10.4. The maximum atomic E-state index is 12.4. The first-order valence-electron chi connectivity index (χ1n) is 5.85. The standard InChI is InChI=1S/C10H14N4O5S/c1-13-3-2-4-14(6-8(13)15)20(18,19)9-7(10(16)17)5-11-12-9/h5H,2-4,6H2,1H3,(H,11,12)(H,16,17). The number of sulfonamides is 1. The van der Waals surface area contributed by atoms with Gasteiger partial charge in [-0.25, -0.2) is 13.2 Å². The van der Waals surface area contributed by atoms with E-state index in [2.05, 4.69) is 10.2 Å². The number of likely N-dealkylation sites (N-methyl/N-ethyl adjacent to an activating group) is 1. The smallest absolute Gasteiger partial charge is 0.340 e. The van der Waals surface area contributed by atoms with E-state index in [1.165, 1.54) is 4.90 Å². The van der Waals surface area contributed by atoms with Crippen LogP contribution >= 0.6 is 0 Å². The molecule has 1 aliphatic rings. The Morgan fingerprint density at radius 3 is 2.80 bits per heavy atom. The number of carboxylic acids is 1. The Morgan fingerprint density at radius 2 is 2.15 bits per heavy atom. The summed E-state index contributed by atoms with van der Waals surface area (Å²) in [7, 11) is -2.49. The Hall–Kier alpha value is -1.94. The number of nitrogens with zero attached hydrogens (tertiary/aromatic N) is 3. The van der Waals surface area contributed by atoms with Crippen LogP contribution in [0.3, 0.4) is 0 Å². The summed E-state index contributed by atoms with van der Waals surface area (Å²) in [5.74, 6) is -1.72. The predicted octanol–water partition coefficient (Wildman–Crippen LogP) is -1.04. The first-order chi connectivity index (χ1) is 9.34. The average Bonchev–Trinajstić information content (AvgIpc) is 2.80. The Morgan fingerprint density at radius 1 is 1.45 bits per heavy atom. The highest BCUT2D eigenvalue weighted by Gasteiger charge is 2.34. The lowest BCUT2D eigenvalue weighted by molar-refractivity contribution is -0.129. The molecule has 0 saturated carbocycles. The van der Waals surface area contributed by atoms with Gasteiger partial charge >= 0.3 is 5.97 Å². The number of aromatic carboxylic acids is 1. The topological polar surface area (TPSA) is 124 Å². The molecule has 0 atom stereocenters. The number of hydrogen-bond acceptors (Lipinski definition) is 5. The van der Waals surface area contributed by atoms with Crippen LogP contribution in [-0.2, 0) is 14.8 Å². The molecule has 2 rings (SSSR count). The van der Waals surface area contributed by atoms with Crippen LogP contribution in [0.2, 0.25) is 0 Å². The quantitative estimate of drug-likeness (QED) is 0.735. The fourth-order valence-electron chi connectivity index (χ4n) is 1.92. The summed E-state index contributed by atoms with van der Waals surface area (Å²) >= 11 is 0. The number of aromatic nitrogens is 2. The van der Waals surface area contributed by atoms with E-state index in [-0.39, 0.29) is 19.0 Å². The molecule has 0 aliphatic carbocycles. The second kappa shape index (κ2) is 5.21. The van der Waals surface area contributed by atoms with Crippen LogP contribution < -0.4 is 0 Å². The second-order valence-corrected chi connectivity index (χ2v) is 6.30. The molecule has 2 N–H and O–H groups in total. The molecule has 9 nitrogen and oxygen atoms in total. The van der Waals surface area contributed by atoms with Crippen molar-refractivity contribution in [3.8, 4) is 0 Å². The number of carbonyl (C=O) groups excluding carboxylic acids is 1. The maximum absolute atomic E-state index is 12.4. The normalized spacial score (nSPS) is 18.1. The van der Waals surface area contributed by atoms with Crippen LogP contribution in [0.15, 0.2) is 11.2 Å². The molecule has 0 spiro atoms. The Bertz CT molecular complexity index is 638. The SMILES string of the molecule is CN1CCCN(S(=O)(=O)c2[nH]ncc2C(=O)O)CC1=O. The van der Waals surface area contributed by atoms with Crippen molar-refractivity contribution in [2.24, 2.45) is 0 Å². The van der Waals surface area contributed by atoms with Gasteiger partial charge in [0.05, 0.1) is 12.7 Å². The predicted molar refractivity (Wildman–Crippen MR) is 66.6 cm³/mol. The molecule has 0 aromatic carbocycles. The van der Waals surface area contributed by atoms with Gasteiger partial charge in [-0.2, -0.15) is 9.40 Å². The lowest BCUT2D eigenvalue weighted by Crippen LogP contribution is -2.38. The van der Waals surface area contributed by atoms with E-state index in [1.54, 1.807) is 7.05 Å². The molecule has 20 heavy (non-hydrogen) atoms. The van der Waals surface area contributed by atoms with Gasteiger partial charge in [0.2, 0.25) is 5.91 Å². The summed E-state index contributed by atoms with van der Waals surface area (Å²) in [5, 5.41) is 14.1. The van der Waals surface area contributed by atoms with E-state index in [4.69, 9.17) is 5.11 Å². The summed E-state index contributed by atoms with van der Waals surface area (Å²) < 4.78 is 25.8. The molecule has 1 aliphatic heterocycles. The van der Waals surface area contributed by atoms with Gasteiger partial charge in [-0.3, -0.25) is 9.89 Å². The third-order valence-corrected chi connectivity index (χ3v) is 4.89. The third kappa shape index (κ3) is 2.51. The zero-order valence-electron chi connectivity index (χ0n) is 10.7. The van der Waals surface area contributed by atoms with E-state index in [1.807, 2.05) is 0 Å². The first kappa shape index (κ1) is 14.5. The van der Waals surface area contributed by atoms with E-state index in [0.717, 1.165) is 10.5 Å². The number of nitrogens with one attached hydrogen (secondary N) is 1. The fraction of sp³-hybridized carbons (Fsp3) is 0.500. The summed E-state index contributed by atoms with van der Waals surface area (Å²) in [4.78, 5) is 24.2. The van der Waals surface area contributed by atoms with Gasteiger partial charge in [-0.05, 0) is 6.42 Å². The van der Waals surface area contributed by atoms with Gasteiger partial charge in [-0.1, -0.05) is 0 Å². The van der Waals surface area contributed by atoms with Crippen LogP contribution in [0.5, 0.6) is 0 Å². The largest absolute Gasteiger partial charge is 0.478 e. The molecule has 1 amide bonds. The van der Waals surface area contributed by atoms with Crippen LogP contribution in [0.25, 0.3) is 0 Å². The van der Waals surface area contributed by atoms with E-state index < -0.39 is 26.6 Å². The molecule has 10 heteroatoms. The minimum absolute atomic E-state index is 0.149. The van der Waals surface area contributed by atoms with Crippen molar-refractivity contribution in [1.29, 1.82) is 0 Å². The second-order valence-electron chi connectivity index (χ2n) is 4.43. The van der Waals surface area contributed by atoms with E-state index >= 15 is 0 Å². The Balaban J connectivity index is 2.37. The number of aromatic amines is 1. The number of carboxylic acid groups (broad SMARTS) is 1. The fourth-order valence-corrected chi connectivity index (χ4v) is 3.41. The van der Waals surface area contributed by atoms with Crippen molar-refractivity contribution >= 4 is 21.9 Å². The van der Waals surface area contributed by atoms with Crippen LogP contribution in [0, 0.1) is 0 Å². The highest BCUT2D eigenvalue weighted by atomic mass is 32.2. The third-order valence-electron chi connectivity index (χ3n) is 3.07. The van der Waals surface area contributed by atoms with Gasteiger partial charge in [-0.15, -0.1) is 0 Å². The van der Waals surface area contributed by atoms with Gasteiger partial charge in [0.1, 0.15) is 5.56 Å². The van der Waals surface area contributed by atoms with Crippen molar-refractivity contribution in [1.82, 2.24) is 19.4 Å². The first-order valence-corrected chi connectivity index (χ1v) is 7.29. The molecule has 1 fully saturated rings. The minimum atomic E-state index is -4.09. The summed E-state index contributed by atoms with van der Waals surface area (Å²) in [6, 6.07) is 0. The monoisotopic (exact) mass is 302 g/mol. The molecule has 1 aromatic heterocycles. The number of amides is 1. The van der Waals surface area contributed by atoms with Crippen LogP contribution in [-0.4, -0.2) is 71.5 Å². The lowest BCUT2D eigenvalue weighted by Gasteiger charge is -2.18. The van der Waals surface area contributed by atoms with Crippen molar-refractivity contribution in [2.45, 2.75) is 11.4 Å². The number of hydrogen-bond donors (Lipinski definition) is 2. The van der Waals surface area contributed by atoms with Crippen molar-refractivity contribution in [2.75, 3.05) is 26.7 Å². The molecule has 1 aromatic rings. The number of H-pyrrole nitrogens is 1. The highest BCUT2D eigenvalue weighted by Crippen LogP contribution is 2.19. The molecular formula is C10H14N4O5S. The van der Waals surface area contributed by atoms with Gasteiger partial charge in [0.25, 0.3) is 10.0 Å². The van der Waals surface area contributed by atoms with Gasteiger partial charge in [0.15, 0.2) is 5.03 Å². The van der Waals surface area contributed by atoms with Crippen molar-refractivity contribution in [3.63, 3.8) is 0 Å². The van der Waals surface area contributed by atoms with Crippen LogP contribution in [0.1, 0.15) is 16.8 Å². The summed E-state index contributed by atoms with van der Waals surface area (Å²) in [6.07, 6.45) is 1.42. The number of rotatable bonds is 3. The zero-order valence-corrected chi connectivity index (χ0v) is 11.6. The Kier molecular flexibility index (Phi) is 3.77. The van der Waals surface area contributed by atoms with Gasteiger partial charge in [0, 0.05) is 20.1 Å². The summed E-state index contributed by atoms with van der Waals surface area (Å²) in [5.41, 5.74) is -0.435. The van der Waals surface area contributed by atoms with E-state index in [9.17, 15) is 18.0 Å². The minimum Gasteiger partial charge on any atom is -0.478 e. The number of carbonyl (C=O) groups is 2. The van der Waals surface area contributed by atoms with Crippen molar-refractivity contribution < 1.29 is 23.1 Å². The highest BCUT2D eigenvalue weighted by molar-refractivity contribution is 7.89. The van der Waals surface area contributed by atoms with Crippen LogP contribution in [0.4, 0.5) is 0 Å². The molecule has 0 unspecified atom stereocenters. The molecule has 2 heterocycles. The van der Waals surface area contributed by atoms with Gasteiger partial charge < -0.3 is 10.0 Å². The van der Waals surface area contributed by atoms with E-state index in [0.29, 0.717) is 13.0 Å². The molecule has 1 saturated heterocycles. The zero-order chi connectivity index (χ0) is 14.9. The summed E-state index contributed by atoms with van der Waals surface area (Å²) in [6.45, 7) is 0.299. The maximum Gasteiger partial charge on any atom is 0.340 e. The van der Waals surface area contributed by atoms with Crippen molar-refractivity contribution in [3.05, 3.63) is 11.8 Å². The molecular weight excluding hydrogens is 288 g/mol. The average molecular weight is 302 g/mol.